The molecule has 2 aromatic rings. The van der Waals surface area contributed by atoms with Gasteiger partial charge in [0.25, 0.3) is 0 Å². The van der Waals surface area contributed by atoms with Crippen molar-refractivity contribution >= 4 is 39.2 Å². The second-order valence-electron chi connectivity index (χ2n) is 5.67. The molecule has 1 N–H and O–H groups in total. The molecule has 0 fully saturated rings. The van der Waals surface area contributed by atoms with Crippen LogP contribution in [0.4, 0.5) is 13.2 Å². The highest BCUT2D eigenvalue weighted by Crippen LogP contribution is 2.25. The smallest absolute Gasteiger partial charge is 0.468 e. The zero-order chi connectivity index (χ0) is 21.8. The Bertz CT molecular complexity index is 982. The summed E-state index contributed by atoms with van der Waals surface area (Å²) in [6, 6.07) is 6.71. The molecule has 0 spiro atoms. The Morgan fingerprint density at radius 2 is 1.72 bits per heavy atom. The minimum atomic E-state index is -4.91. The third kappa shape index (κ3) is 6.77. The van der Waals surface area contributed by atoms with Gasteiger partial charge in [-0.05, 0) is 48.4 Å². The van der Waals surface area contributed by atoms with Crippen LogP contribution in [0.2, 0.25) is 10.0 Å². The van der Waals surface area contributed by atoms with E-state index in [1.807, 2.05) is 0 Å². The predicted molar refractivity (Wildman–Crippen MR) is 99.4 cm³/mol. The molecule has 2 aromatic carbocycles. The fourth-order valence-electron chi connectivity index (χ4n) is 2.29. The van der Waals surface area contributed by atoms with Crippen molar-refractivity contribution in [3.8, 4) is 5.75 Å². The number of carbonyl (C=O) groups is 1. The minimum Gasteiger partial charge on any atom is -0.468 e. The number of methoxy groups -OCH3 is 1. The summed E-state index contributed by atoms with van der Waals surface area (Å²) in [5.74, 6) is -1.45. The second-order valence-corrected chi connectivity index (χ2v) is 8.20. The summed E-state index contributed by atoms with van der Waals surface area (Å²) in [5, 5.41) is 0.502. The van der Waals surface area contributed by atoms with Crippen molar-refractivity contribution in [3.05, 3.63) is 58.1 Å². The zero-order valence-electron chi connectivity index (χ0n) is 14.7. The number of benzene rings is 2. The maximum absolute atomic E-state index is 12.5. The first-order chi connectivity index (χ1) is 13.4. The van der Waals surface area contributed by atoms with Gasteiger partial charge in [0, 0.05) is 0 Å². The van der Waals surface area contributed by atoms with E-state index in [0.29, 0.717) is 5.56 Å². The molecule has 0 amide bonds. The maximum atomic E-state index is 12.5. The number of hydrogen-bond donors (Lipinski definition) is 1. The van der Waals surface area contributed by atoms with E-state index in [4.69, 9.17) is 23.2 Å². The number of esters is 1. The molecule has 0 bridgehead atoms. The molecule has 0 aliphatic carbocycles. The molecule has 1 atom stereocenters. The maximum Gasteiger partial charge on any atom is 0.573 e. The van der Waals surface area contributed by atoms with Gasteiger partial charge in [-0.25, -0.2) is 8.42 Å². The zero-order valence-corrected chi connectivity index (χ0v) is 17.0. The molecule has 29 heavy (non-hydrogen) atoms. The van der Waals surface area contributed by atoms with Crippen LogP contribution in [0.1, 0.15) is 5.56 Å². The first kappa shape index (κ1) is 23.3. The van der Waals surface area contributed by atoms with E-state index in [1.165, 1.54) is 12.1 Å². The van der Waals surface area contributed by atoms with Gasteiger partial charge in [0.1, 0.15) is 11.8 Å². The lowest BCUT2D eigenvalue weighted by Gasteiger charge is -2.17. The van der Waals surface area contributed by atoms with Crippen molar-refractivity contribution < 1.29 is 35.9 Å². The summed E-state index contributed by atoms with van der Waals surface area (Å²) in [6.45, 7) is 0. The van der Waals surface area contributed by atoms with Gasteiger partial charge in [-0.1, -0.05) is 29.3 Å². The average Bonchev–Trinajstić information content (AvgIpc) is 2.62. The summed E-state index contributed by atoms with van der Waals surface area (Å²) in [5.41, 5.74) is 0.506. The van der Waals surface area contributed by atoms with Crippen LogP contribution in [-0.4, -0.2) is 33.9 Å². The van der Waals surface area contributed by atoms with Gasteiger partial charge in [-0.15, -0.1) is 13.2 Å². The highest BCUT2D eigenvalue weighted by atomic mass is 35.5. The van der Waals surface area contributed by atoms with Crippen LogP contribution in [-0.2, 0) is 26.0 Å². The Kier molecular flexibility index (Phi) is 7.39. The summed E-state index contributed by atoms with van der Waals surface area (Å²) in [6.07, 6.45) is -5.01. The predicted octanol–water partition coefficient (Wildman–Crippen LogP) is 3.95. The van der Waals surface area contributed by atoms with Crippen LogP contribution in [0.5, 0.6) is 5.75 Å². The molecule has 1 unspecified atom stereocenters. The number of rotatable bonds is 7. The van der Waals surface area contributed by atoms with E-state index in [0.717, 1.165) is 31.4 Å². The first-order valence-corrected chi connectivity index (χ1v) is 10.0. The molecule has 158 valence electrons. The lowest BCUT2D eigenvalue weighted by atomic mass is 10.1. The quantitative estimate of drug-likeness (QED) is 0.618. The molecular weight excluding hydrogens is 458 g/mol. The fraction of sp³-hybridized carbons (Fsp3) is 0.235. The van der Waals surface area contributed by atoms with E-state index in [-0.39, 0.29) is 21.4 Å². The average molecular weight is 472 g/mol. The van der Waals surface area contributed by atoms with Gasteiger partial charge in [-0.3, -0.25) is 4.79 Å². The lowest BCUT2D eigenvalue weighted by molar-refractivity contribution is -0.274. The van der Waals surface area contributed by atoms with Crippen molar-refractivity contribution in [1.82, 2.24) is 4.72 Å². The molecule has 0 saturated heterocycles. The van der Waals surface area contributed by atoms with Crippen molar-refractivity contribution in [2.75, 3.05) is 7.11 Å². The van der Waals surface area contributed by atoms with Crippen LogP contribution >= 0.6 is 23.2 Å². The van der Waals surface area contributed by atoms with Gasteiger partial charge in [0.2, 0.25) is 10.0 Å². The van der Waals surface area contributed by atoms with Gasteiger partial charge >= 0.3 is 12.3 Å². The number of sulfonamides is 1. The number of nitrogens with one attached hydrogen (secondary N) is 1. The largest absolute Gasteiger partial charge is 0.573 e. The summed E-state index contributed by atoms with van der Waals surface area (Å²) in [4.78, 5) is 11.7. The molecule has 2 rings (SSSR count). The molecule has 0 saturated carbocycles. The van der Waals surface area contributed by atoms with E-state index < -0.39 is 34.1 Å². The van der Waals surface area contributed by atoms with E-state index in [9.17, 15) is 26.4 Å². The third-order valence-electron chi connectivity index (χ3n) is 3.57. The second kappa shape index (κ2) is 9.21. The van der Waals surface area contributed by atoms with E-state index >= 15 is 0 Å². The van der Waals surface area contributed by atoms with Crippen LogP contribution in [0, 0.1) is 0 Å². The molecule has 0 aromatic heterocycles. The van der Waals surface area contributed by atoms with Crippen molar-refractivity contribution in [2.45, 2.75) is 23.7 Å². The van der Waals surface area contributed by atoms with E-state index in [2.05, 4.69) is 14.2 Å². The number of halogens is 5. The Labute approximate surface area is 174 Å². The Balaban J connectivity index is 2.22. The summed E-state index contributed by atoms with van der Waals surface area (Å²) < 4.78 is 72.2. The van der Waals surface area contributed by atoms with Crippen LogP contribution in [0.3, 0.4) is 0 Å². The Morgan fingerprint density at radius 1 is 1.10 bits per heavy atom. The lowest BCUT2D eigenvalue weighted by Crippen LogP contribution is -2.42. The highest BCUT2D eigenvalue weighted by Gasteiger charge is 2.31. The molecule has 6 nitrogen and oxygen atoms in total. The van der Waals surface area contributed by atoms with Gasteiger partial charge < -0.3 is 9.47 Å². The fourth-order valence-corrected chi connectivity index (χ4v) is 3.80. The molecule has 12 heteroatoms. The number of alkyl halides is 3. The molecule has 0 aliphatic heterocycles. The molecule has 0 heterocycles. The van der Waals surface area contributed by atoms with Crippen molar-refractivity contribution in [2.24, 2.45) is 0 Å². The first-order valence-electron chi connectivity index (χ1n) is 7.81. The topological polar surface area (TPSA) is 81.7 Å². The SMILES string of the molecule is COC(=O)C(Cc1ccc(Cl)c(Cl)c1)NS(=O)(=O)c1ccc(OC(F)(F)F)cc1. The van der Waals surface area contributed by atoms with Gasteiger partial charge in [0.15, 0.2) is 0 Å². The van der Waals surface area contributed by atoms with Gasteiger partial charge in [0.05, 0.1) is 22.1 Å². The number of ether oxygens (including phenoxy) is 2. The molecular formula is C17H14Cl2F3NO5S. The van der Waals surface area contributed by atoms with Crippen molar-refractivity contribution in [1.29, 1.82) is 0 Å². The number of carbonyl (C=O) groups excluding carboxylic acids is 1. The Morgan fingerprint density at radius 3 is 2.24 bits per heavy atom. The van der Waals surface area contributed by atoms with Crippen LogP contribution < -0.4 is 9.46 Å². The van der Waals surface area contributed by atoms with E-state index in [1.54, 1.807) is 6.07 Å². The van der Waals surface area contributed by atoms with Crippen LogP contribution in [0.25, 0.3) is 0 Å². The van der Waals surface area contributed by atoms with Crippen LogP contribution in [0.15, 0.2) is 47.4 Å². The standard InChI is InChI=1S/C17H14Cl2F3NO5S/c1-27-16(24)15(9-10-2-7-13(18)14(19)8-10)23-29(25,26)12-5-3-11(4-6-12)28-17(20,21)22/h2-8,15,23H,9H2,1H3. The molecule has 0 aliphatic rings. The monoisotopic (exact) mass is 471 g/mol. The summed E-state index contributed by atoms with van der Waals surface area (Å²) in [7, 11) is -3.18. The summed E-state index contributed by atoms with van der Waals surface area (Å²) >= 11 is 11.8. The van der Waals surface area contributed by atoms with Crippen molar-refractivity contribution in [3.63, 3.8) is 0 Å². The Hall–Kier alpha value is -2.01. The minimum absolute atomic E-state index is 0.0991. The number of hydrogen-bond acceptors (Lipinski definition) is 5. The normalized spacial score (nSPS) is 13.0. The molecule has 0 radical (unpaired) electrons. The van der Waals surface area contributed by atoms with Gasteiger partial charge in [-0.2, -0.15) is 4.72 Å². The highest BCUT2D eigenvalue weighted by molar-refractivity contribution is 7.89. The third-order valence-corrected chi connectivity index (χ3v) is 5.80.